The van der Waals surface area contributed by atoms with E-state index in [-0.39, 0.29) is 6.61 Å². The molecule has 4 N–H and O–H groups in total. The van der Waals surface area contributed by atoms with Crippen LogP contribution in [0, 0.1) is 0 Å². The molecule has 0 aliphatic carbocycles. The lowest BCUT2D eigenvalue weighted by atomic mass is 10.0. The maximum Gasteiger partial charge on any atom is 0.249 e. The maximum atomic E-state index is 12.6. The Kier molecular flexibility index (Phi) is 61.8. The number of amides is 1. The Morgan fingerprint density at radius 3 is 0.764 bits per heavy atom. The fourth-order valence-electron chi connectivity index (χ4n) is 11.0. The number of aliphatic hydroxyl groups is 3. The number of allylic oxidation sites excluding steroid dienone is 2. The summed E-state index contributed by atoms with van der Waals surface area (Å²) in [5.74, 6) is -0.462. The molecule has 0 aliphatic heterocycles. The number of aliphatic hydroxyl groups excluding tert-OH is 3. The average molecular weight is 1020 g/mol. The number of rotatable bonds is 63. The number of unbranched alkanes of at least 4 members (excludes halogenated alkanes) is 53. The summed E-state index contributed by atoms with van der Waals surface area (Å²) in [6, 6.07) is -0.710. The molecule has 5 nitrogen and oxygen atoms in total. The highest BCUT2D eigenvalue weighted by Gasteiger charge is 2.23. The first-order chi connectivity index (χ1) is 35.6. The topological polar surface area (TPSA) is 89.8 Å². The molecule has 430 valence electrons. The van der Waals surface area contributed by atoms with Crippen molar-refractivity contribution in [3.8, 4) is 0 Å². The predicted octanol–water partition coefficient (Wildman–Crippen LogP) is 21.4. The van der Waals surface area contributed by atoms with Gasteiger partial charge in [-0.1, -0.05) is 360 Å². The van der Waals surface area contributed by atoms with Crippen molar-refractivity contribution < 1.29 is 20.1 Å². The molecule has 0 spiro atoms. The number of hydrogen-bond acceptors (Lipinski definition) is 4. The lowest BCUT2D eigenvalue weighted by Crippen LogP contribution is -2.49. The van der Waals surface area contributed by atoms with E-state index in [1.165, 1.54) is 327 Å². The molecule has 0 fully saturated rings. The molecule has 0 aromatic heterocycles. The van der Waals surface area contributed by atoms with Gasteiger partial charge in [0.2, 0.25) is 5.91 Å². The van der Waals surface area contributed by atoms with Crippen LogP contribution >= 0.6 is 0 Å². The smallest absolute Gasteiger partial charge is 0.249 e. The first kappa shape index (κ1) is 71.1. The van der Waals surface area contributed by atoms with Crippen LogP contribution in [0.5, 0.6) is 0 Å². The third kappa shape index (κ3) is 56.8. The quantitative estimate of drug-likeness (QED) is 0.0361. The predicted molar refractivity (Wildman–Crippen MR) is 319 cm³/mol. The van der Waals surface area contributed by atoms with E-state index >= 15 is 0 Å². The Bertz CT molecular complexity index is 1030. The van der Waals surface area contributed by atoms with E-state index in [9.17, 15) is 20.1 Å². The summed E-state index contributed by atoms with van der Waals surface area (Å²) in [5.41, 5.74) is 0. The van der Waals surface area contributed by atoms with E-state index in [0.717, 1.165) is 32.1 Å². The summed E-state index contributed by atoms with van der Waals surface area (Å²) >= 11 is 0. The Morgan fingerprint density at radius 2 is 0.528 bits per heavy atom. The van der Waals surface area contributed by atoms with Crippen molar-refractivity contribution in [2.75, 3.05) is 6.61 Å². The highest BCUT2D eigenvalue weighted by atomic mass is 16.3. The molecule has 3 unspecified atom stereocenters. The van der Waals surface area contributed by atoms with Gasteiger partial charge in [0.1, 0.15) is 6.10 Å². The van der Waals surface area contributed by atoms with Gasteiger partial charge >= 0.3 is 0 Å². The number of nitrogens with one attached hydrogen (secondary N) is 1. The van der Waals surface area contributed by atoms with E-state index in [1.807, 2.05) is 0 Å². The average Bonchev–Trinajstić information content (AvgIpc) is 3.39. The number of hydrogen-bond donors (Lipinski definition) is 4. The highest BCUT2D eigenvalue weighted by molar-refractivity contribution is 5.80. The van der Waals surface area contributed by atoms with Gasteiger partial charge in [0, 0.05) is 0 Å². The summed E-state index contributed by atoms with van der Waals surface area (Å²) in [6.45, 7) is 4.28. The normalized spacial score (nSPS) is 13.1. The van der Waals surface area contributed by atoms with Crippen LogP contribution in [0.25, 0.3) is 0 Å². The van der Waals surface area contributed by atoms with E-state index < -0.39 is 24.2 Å². The Morgan fingerprint density at radius 1 is 0.319 bits per heavy atom. The van der Waals surface area contributed by atoms with Crippen LogP contribution in [-0.2, 0) is 4.79 Å². The van der Waals surface area contributed by atoms with Gasteiger partial charge in [0.05, 0.1) is 18.8 Å². The molecule has 0 heterocycles. The number of carbonyl (C=O) groups excluding carboxylic acids is 1. The number of carbonyl (C=O) groups is 1. The molecule has 0 radical (unpaired) electrons. The van der Waals surface area contributed by atoms with Gasteiger partial charge in [0.15, 0.2) is 0 Å². The van der Waals surface area contributed by atoms with E-state index in [2.05, 4.69) is 31.3 Å². The molecule has 0 bridgehead atoms. The van der Waals surface area contributed by atoms with Gasteiger partial charge < -0.3 is 20.6 Å². The van der Waals surface area contributed by atoms with Crippen LogP contribution in [0.15, 0.2) is 12.2 Å². The van der Waals surface area contributed by atoms with E-state index in [4.69, 9.17) is 0 Å². The molecular formula is C67H133NO4. The van der Waals surface area contributed by atoms with Crippen LogP contribution in [0.1, 0.15) is 386 Å². The molecular weight excluding hydrogens is 883 g/mol. The van der Waals surface area contributed by atoms with E-state index in [1.54, 1.807) is 0 Å². The molecule has 0 saturated heterocycles. The van der Waals surface area contributed by atoms with Gasteiger partial charge in [-0.2, -0.15) is 0 Å². The van der Waals surface area contributed by atoms with Crippen molar-refractivity contribution in [3.63, 3.8) is 0 Å². The van der Waals surface area contributed by atoms with Crippen LogP contribution in [0.2, 0.25) is 0 Å². The largest absolute Gasteiger partial charge is 0.394 e. The molecule has 0 aromatic rings. The third-order valence-electron chi connectivity index (χ3n) is 16.1. The summed E-state index contributed by atoms with van der Waals surface area (Å²) in [6.07, 6.45) is 80.3. The van der Waals surface area contributed by atoms with Crippen molar-refractivity contribution in [1.29, 1.82) is 0 Å². The third-order valence-corrected chi connectivity index (χ3v) is 16.1. The van der Waals surface area contributed by atoms with Gasteiger partial charge in [-0.25, -0.2) is 0 Å². The van der Waals surface area contributed by atoms with Crippen molar-refractivity contribution in [2.45, 2.75) is 405 Å². The fraction of sp³-hybridized carbons (Fsp3) is 0.955. The lowest BCUT2D eigenvalue weighted by Gasteiger charge is -2.23. The maximum absolute atomic E-state index is 12.6. The fourth-order valence-corrected chi connectivity index (χ4v) is 11.0. The van der Waals surface area contributed by atoms with Gasteiger partial charge in [-0.05, 0) is 38.5 Å². The standard InChI is InChI=1S/C67H133NO4/c1-3-5-7-9-11-13-15-17-19-21-23-25-26-27-28-29-30-31-32-33-34-35-36-37-38-39-40-41-42-44-46-48-50-52-54-56-58-60-62-66(71)67(72)68-64(63-69)65(70)61-59-57-55-53-51-49-47-45-43-24-22-20-18-16-14-12-10-8-6-4-2/h33-34,64-66,69-71H,3-32,35-63H2,1-2H3,(H,68,72)/b34-33-. The first-order valence-electron chi connectivity index (χ1n) is 33.5. The van der Waals surface area contributed by atoms with Crippen molar-refractivity contribution >= 4 is 5.91 Å². The van der Waals surface area contributed by atoms with Gasteiger partial charge in [-0.15, -0.1) is 0 Å². The molecule has 3 atom stereocenters. The second-order valence-corrected chi connectivity index (χ2v) is 23.4. The zero-order valence-electron chi connectivity index (χ0n) is 49.4. The highest BCUT2D eigenvalue weighted by Crippen LogP contribution is 2.19. The van der Waals surface area contributed by atoms with E-state index in [0.29, 0.717) is 12.8 Å². The molecule has 0 saturated carbocycles. The van der Waals surface area contributed by atoms with Crippen LogP contribution in [-0.4, -0.2) is 46.1 Å². The lowest BCUT2D eigenvalue weighted by molar-refractivity contribution is -0.131. The molecule has 0 aromatic carbocycles. The molecule has 1 amide bonds. The molecule has 0 rings (SSSR count). The zero-order valence-corrected chi connectivity index (χ0v) is 49.4. The summed E-state index contributed by atoms with van der Waals surface area (Å²) in [7, 11) is 0. The summed E-state index contributed by atoms with van der Waals surface area (Å²) in [5, 5.41) is 33.7. The summed E-state index contributed by atoms with van der Waals surface area (Å²) < 4.78 is 0. The van der Waals surface area contributed by atoms with Crippen molar-refractivity contribution in [2.24, 2.45) is 0 Å². The van der Waals surface area contributed by atoms with Gasteiger partial charge in [0.25, 0.3) is 0 Å². The second-order valence-electron chi connectivity index (χ2n) is 23.4. The van der Waals surface area contributed by atoms with Crippen molar-refractivity contribution in [1.82, 2.24) is 5.32 Å². The van der Waals surface area contributed by atoms with Crippen LogP contribution in [0.4, 0.5) is 0 Å². The summed E-state index contributed by atoms with van der Waals surface area (Å²) in [4.78, 5) is 12.6. The van der Waals surface area contributed by atoms with Crippen molar-refractivity contribution in [3.05, 3.63) is 12.2 Å². The minimum Gasteiger partial charge on any atom is -0.394 e. The van der Waals surface area contributed by atoms with Crippen LogP contribution < -0.4 is 5.32 Å². The minimum atomic E-state index is -1.07. The Hall–Kier alpha value is -0.910. The Labute approximate surface area is 452 Å². The van der Waals surface area contributed by atoms with Gasteiger partial charge in [-0.3, -0.25) is 4.79 Å². The molecule has 72 heavy (non-hydrogen) atoms. The molecule has 0 aliphatic rings. The second kappa shape index (κ2) is 62.6. The van der Waals surface area contributed by atoms with Crippen LogP contribution in [0.3, 0.4) is 0 Å². The monoisotopic (exact) mass is 1020 g/mol. The SMILES string of the molecule is CCCCCCCCCCCCCCCCCCCC/C=C\CCCCCCCCCCCCCCCCCCC(O)C(=O)NC(CO)C(O)CCCCCCCCCCCCCCCCCCCCCC. The Balaban J connectivity index is 3.43. The minimum absolute atomic E-state index is 0.309. The molecule has 5 heteroatoms. The first-order valence-corrected chi connectivity index (χ1v) is 33.5. The zero-order chi connectivity index (χ0) is 52.2.